The van der Waals surface area contributed by atoms with Gasteiger partial charge in [-0.1, -0.05) is 6.07 Å². The summed E-state index contributed by atoms with van der Waals surface area (Å²) < 4.78 is 18.7. The molecule has 2 rings (SSSR count). The van der Waals surface area contributed by atoms with E-state index in [1.54, 1.807) is 30.6 Å². The van der Waals surface area contributed by atoms with Crippen molar-refractivity contribution in [1.29, 1.82) is 0 Å². The van der Waals surface area contributed by atoms with E-state index in [1.807, 2.05) is 0 Å². The Balaban J connectivity index is 2.28. The third kappa shape index (κ3) is 2.53. The maximum Gasteiger partial charge on any atom is 0.130 e. The lowest BCUT2D eigenvalue weighted by Gasteiger charge is -2.07. The fourth-order valence-electron chi connectivity index (χ4n) is 1.59. The summed E-state index contributed by atoms with van der Waals surface area (Å²) in [6.07, 6.45) is 3.69. The van der Waals surface area contributed by atoms with Gasteiger partial charge < -0.3 is 10.5 Å². The fourth-order valence-corrected chi connectivity index (χ4v) is 1.59. The minimum Gasteiger partial charge on any atom is -0.497 e. The van der Waals surface area contributed by atoms with E-state index in [0.29, 0.717) is 23.4 Å². The molecule has 0 amide bonds. The number of methoxy groups -OCH3 is 1. The molecule has 0 aliphatic carbocycles. The lowest BCUT2D eigenvalue weighted by atomic mass is 10.0. The second kappa shape index (κ2) is 4.82. The summed E-state index contributed by atoms with van der Waals surface area (Å²) in [4.78, 5) is 3.98. The zero-order chi connectivity index (χ0) is 12.3. The highest BCUT2D eigenvalue weighted by Gasteiger charge is 2.07. The van der Waals surface area contributed by atoms with Crippen molar-refractivity contribution in [2.45, 2.75) is 6.42 Å². The molecular formula is C13H13FN2O. The molecule has 0 aliphatic rings. The number of rotatable bonds is 3. The minimum absolute atomic E-state index is 0.299. The number of benzene rings is 1. The van der Waals surface area contributed by atoms with Gasteiger partial charge in [-0.2, -0.15) is 0 Å². The molecule has 3 nitrogen and oxygen atoms in total. The summed E-state index contributed by atoms with van der Waals surface area (Å²) in [5.41, 5.74) is 7.80. The summed E-state index contributed by atoms with van der Waals surface area (Å²) >= 11 is 0. The molecule has 17 heavy (non-hydrogen) atoms. The summed E-state index contributed by atoms with van der Waals surface area (Å²) in [6.45, 7) is 0. The number of nitrogens with two attached hydrogens (primary N) is 1. The molecule has 0 radical (unpaired) electrons. The highest BCUT2D eigenvalue weighted by Crippen LogP contribution is 2.20. The first-order chi connectivity index (χ1) is 8.20. The molecule has 0 unspecified atom stereocenters. The Bertz CT molecular complexity index is 529. The van der Waals surface area contributed by atoms with Crippen LogP contribution in [-0.4, -0.2) is 12.1 Å². The van der Waals surface area contributed by atoms with Crippen LogP contribution in [0.25, 0.3) is 0 Å². The standard InChI is InChI=1S/C13H13FN2O/c1-17-11-3-2-9(12(14)7-11)6-10-8-16-5-4-13(10)15/h2-5,7-8H,6H2,1H3,(H2,15,16). The van der Waals surface area contributed by atoms with Crippen LogP contribution in [0.3, 0.4) is 0 Å². The van der Waals surface area contributed by atoms with Crippen LogP contribution < -0.4 is 10.5 Å². The van der Waals surface area contributed by atoms with Gasteiger partial charge >= 0.3 is 0 Å². The van der Waals surface area contributed by atoms with Crippen molar-refractivity contribution >= 4 is 5.69 Å². The summed E-state index contributed by atoms with van der Waals surface area (Å²) in [5.74, 6) is 0.206. The van der Waals surface area contributed by atoms with Crippen LogP contribution >= 0.6 is 0 Å². The Morgan fingerprint density at radius 1 is 1.29 bits per heavy atom. The maximum absolute atomic E-state index is 13.7. The van der Waals surface area contributed by atoms with Crippen LogP contribution in [0.1, 0.15) is 11.1 Å². The van der Waals surface area contributed by atoms with Crippen LogP contribution in [0.15, 0.2) is 36.7 Å². The van der Waals surface area contributed by atoms with Gasteiger partial charge in [0.1, 0.15) is 11.6 Å². The normalized spacial score (nSPS) is 10.2. The van der Waals surface area contributed by atoms with Crippen molar-refractivity contribution in [3.8, 4) is 5.75 Å². The molecule has 2 N–H and O–H groups in total. The highest BCUT2D eigenvalue weighted by molar-refractivity contribution is 5.47. The smallest absolute Gasteiger partial charge is 0.130 e. The molecule has 4 heteroatoms. The summed E-state index contributed by atoms with van der Waals surface area (Å²) in [6, 6.07) is 6.49. The van der Waals surface area contributed by atoms with E-state index in [4.69, 9.17) is 10.5 Å². The van der Waals surface area contributed by atoms with Crippen LogP contribution in [0.4, 0.5) is 10.1 Å². The monoisotopic (exact) mass is 232 g/mol. The molecule has 2 aromatic rings. The zero-order valence-corrected chi connectivity index (χ0v) is 9.48. The summed E-state index contributed by atoms with van der Waals surface area (Å²) in [5, 5.41) is 0. The number of nitrogen functional groups attached to an aromatic ring is 1. The molecular weight excluding hydrogens is 219 g/mol. The molecule has 0 saturated heterocycles. The average molecular weight is 232 g/mol. The number of hydrogen-bond donors (Lipinski definition) is 1. The molecule has 0 fully saturated rings. The van der Waals surface area contributed by atoms with Crippen molar-refractivity contribution in [1.82, 2.24) is 4.98 Å². The Labute approximate surface area is 99.1 Å². The Kier molecular flexibility index (Phi) is 3.23. The SMILES string of the molecule is COc1ccc(Cc2cnccc2N)c(F)c1. The van der Waals surface area contributed by atoms with Gasteiger partial charge in [0.2, 0.25) is 0 Å². The second-order valence-electron chi connectivity index (χ2n) is 3.71. The maximum atomic E-state index is 13.7. The van der Waals surface area contributed by atoms with Crippen LogP contribution in [0, 0.1) is 5.82 Å². The van der Waals surface area contributed by atoms with E-state index in [1.165, 1.54) is 13.2 Å². The van der Waals surface area contributed by atoms with E-state index in [9.17, 15) is 4.39 Å². The molecule has 1 heterocycles. The Morgan fingerprint density at radius 2 is 2.12 bits per heavy atom. The molecule has 0 aliphatic heterocycles. The van der Waals surface area contributed by atoms with Gasteiger partial charge in [0.25, 0.3) is 0 Å². The van der Waals surface area contributed by atoms with Crippen molar-refractivity contribution in [3.63, 3.8) is 0 Å². The largest absolute Gasteiger partial charge is 0.497 e. The second-order valence-corrected chi connectivity index (χ2v) is 3.71. The average Bonchev–Trinajstić information content (AvgIpc) is 2.34. The van der Waals surface area contributed by atoms with Crippen LogP contribution in [-0.2, 0) is 6.42 Å². The number of hydrogen-bond acceptors (Lipinski definition) is 3. The first kappa shape index (κ1) is 11.4. The number of nitrogens with zero attached hydrogens (tertiary/aromatic N) is 1. The molecule has 88 valence electrons. The fraction of sp³-hybridized carbons (Fsp3) is 0.154. The number of pyridine rings is 1. The van der Waals surface area contributed by atoms with Crippen molar-refractivity contribution in [2.75, 3.05) is 12.8 Å². The first-order valence-corrected chi connectivity index (χ1v) is 5.21. The number of aromatic nitrogens is 1. The third-order valence-corrected chi connectivity index (χ3v) is 2.58. The highest BCUT2D eigenvalue weighted by atomic mass is 19.1. The van der Waals surface area contributed by atoms with Gasteiger partial charge in [0, 0.05) is 30.6 Å². The molecule has 1 aromatic heterocycles. The number of halogens is 1. The van der Waals surface area contributed by atoms with E-state index in [2.05, 4.69) is 4.98 Å². The van der Waals surface area contributed by atoms with E-state index in [-0.39, 0.29) is 5.82 Å². The van der Waals surface area contributed by atoms with Gasteiger partial charge in [-0.15, -0.1) is 0 Å². The van der Waals surface area contributed by atoms with Crippen LogP contribution in [0.2, 0.25) is 0 Å². The predicted octanol–water partition coefficient (Wildman–Crippen LogP) is 2.40. The van der Waals surface area contributed by atoms with E-state index >= 15 is 0 Å². The lowest BCUT2D eigenvalue weighted by Crippen LogP contribution is -1.98. The van der Waals surface area contributed by atoms with E-state index in [0.717, 1.165) is 5.56 Å². The quantitative estimate of drug-likeness (QED) is 0.884. The molecule has 0 saturated carbocycles. The van der Waals surface area contributed by atoms with Crippen molar-refractivity contribution in [3.05, 3.63) is 53.6 Å². The van der Waals surface area contributed by atoms with Crippen molar-refractivity contribution < 1.29 is 9.13 Å². The molecule has 1 aromatic carbocycles. The van der Waals surface area contributed by atoms with Gasteiger partial charge in [0.15, 0.2) is 0 Å². The zero-order valence-electron chi connectivity index (χ0n) is 9.48. The first-order valence-electron chi connectivity index (χ1n) is 5.21. The molecule has 0 atom stereocenters. The molecule has 0 bridgehead atoms. The van der Waals surface area contributed by atoms with Gasteiger partial charge in [-0.3, -0.25) is 4.98 Å². The minimum atomic E-state index is -0.299. The number of anilines is 1. The van der Waals surface area contributed by atoms with Crippen molar-refractivity contribution in [2.24, 2.45) is 0 Å². The van der Waals surface area contributed by atoms with Gasteiger partial charge in [-0.05, 0) is 23.3 Å². The van der Waals surface area contributed by atoms with Gasteiger partial charge in [-0.25, -0.2) is 4.39 Å². The summed E-state index contributed by atoms with van der Waals surface area (Å²) in [7, 11) is 1.51. The number of ether oxygens (including phenoxy) is 1. The van der Waals surface area contributed by atoms with E-state index < -0.39 is 0 Å². The predicted molar refractivity (Wildman–Crippen MR) is 64.4 cm³/mol. The third-order valence-electron chi connectivity index (χ3n) is 2.58. The Morgan fingerprint density at radius 3 is 2.76 bits per heavy atom. The van der Waals surface area contributed by atoms with Crippen LogP contribution in [0.5, 0.6) is 5.75 Å². The Hall–Kier alpha value is -2.10. The lowest BCUT2D eigenvalue weighted by molar-refractivity contribution is 0.411. The molecule has 0 spiro atoms. The van der Waals surface area contributed by atoms with Gasteiger partial charge in [0.05, 0.1) is 7.11 Å². The topological polar surface area (TPSA) is 48.1 Å².